The summed E-state index contributed by atoms with van der Waals surface area (Å²) in [6.45, 7) is 8.09. The van der Waals surface area contributed by atoms with Crippen molar-refractivity contribution in [3.05, 3.63) is 95.3 Å². The van der Waals surface area contributed by atoms with Crippen LogP contribution in [-0.2, 0) is 22.6 Å². The van der Waals surface area contributed by atoms with Crippen molar-refractivity contribution in [3.63, 3.8) is 0 Å². The van der Waals surface area contributed by atoms with E-state index in [1.807, 2.05) is 76.2 Å². The van der Waals surface area contributed by atoms with Gasteiger partial charge in [0.05, 0.1) is 5.52 Å². The highest BCUT2D eigenvalue weighted by molar-refractivity contribution is 5.89. The number of aryl methyl sites for hydroxylation is 1. The third-order valence-electron chi connectivity index (χ3n) is 7.00. The topological polar surface area (TPSA) is 80.1 Å². The number of fused-ring (bicyclic) bond motifs is 1. The van der Waals surface area contributed by atoms with Crippen LogP contribution in [0.15, 0.2) is 72.8 Å². The summed E-state index contributed by atoms with van der Waals surface area (Å²) in [6, 6.07) is 20.2. The van der Waals surface area contributed by atoms with Gasteiger partial charge in [-0.05, 0) is 74.6 Å². The molecule has 1 atom stereocenters. The smallest absolute Gasteiger partial charge is 0.247 e. The molecule has 0 spiro atoms. The molecule has 2 amide bonds. The van der Waals surface area contributed by atoms with Gasteiger partial charge in [0, 0.05) is 12.1 Å². The Morgan fingerprint density at radius 2 is 1.71 bits per heavy atom. The molecule has 8 heteroatoms. The number of rotatable bonds is 10. The Morgan fingerprint density at radius 3 is 2.42 bits per heavy atom. The van der Waals surface area contributed by atoms with Gasteiger partial charge >= 0.3 is 0 Å². The predicted octanol–water partition coefficient (Wildman–Crippen LogP) is 5.00. The third kappa shape index (κ3) is 6.25. The Bertz CT molecular complexity index is 1410. The average Bonchev–Trinajstić information content (AvgIpc) is 3.30. The SMILES string of the molecule is CCC(C)(C)NC(=O)[C@H](c1ccc(F)cc1)N(CCc1ccccc1C)C(=O)Cn1nnc2ccccc21. The van der Waals surface area contributed by atoms with E-state index in [9.17, 15) is 14.0 Å². The Morgan fingerprint density at radius 1 is 1.03 bits per heavy atom. The summed E-state index contributed by atoms with van der Waals surface area (Å²) in [5.74, 6) is -1.01. The van der Waals surface area contributed by atoms with Crippen LogP contribution in [0, 0.1) is 12.7 Å². The van der Waals surface area contributed by atoms with Gasteiger partial charge in [-0.15, -0.1) is 5.10 Å². The fraction of sp³-hybridized carbons (Fsp3) is 0.333. The molecule has 1 N–H and O–H groups in total. The lowest BCUT2D eigenvalue weighted by Crippen LogP contribution is -2.51. The van der Waals surface area contributed by atoms with Crippen LogP contribution in [-0.4, -0.2) is 43.8 Å². The number of aromatic nitrogens is 3. The number of carbonyl (C=O) groups excluding carboxylic acids is 2. The minimum absolute atomic E-state index is 0.0869. The molecule has 0 aliphatic rings. The Labute approximate surface area is 222 Å². The lowest BCUT2D eigenvalue weighted by Gasteiger charge is -2.34. The zero-order chi connectivity index (χ0) is 27.3. The highest BCUT2D eigenvalue weighted by Crippen LogP contribution is 2.25. The minimum Gasteiger partial charge on any atom is -0.349 e. The maximum absolute atomic E-state index is 14.0. The largest absolute Gasteiger partial charge is 0.349 e. The summed E-state index contributed by atoms with van der Waals surface area (Å²) in [4.78, 5) is 29.4. The molecule has 3 aromatic carbocycles. The van der Waals surface area contributed by atoms with Crippen molar-refractivity contribution in [1.29, 1.82) is 0 Å². The summed E-state index contributed by atoms with van der Waals surface area (Å²) in [5, 5.41) is 11.4. The first kappa shape index (κ1) is 27.0. The second-order valence-electron chi connectivity index (χ2n) is 10.2. The first-order valence-corrected chi connectivity index (χ1v) is 12.9. The average molecular weight is 516 g/mol. The quantitative estimate of drug-likeness (QED) is 0.323. The van der Waals surface area contributed by atoms with Crippen LogP contribution in [0.25, 0.3) is 11.0 Å². The van der Waals surface area contributed by atoms with Crippen molar-refractivity contribution in [2.45, 2.75) is 58.7 Å². The first-order valence-electron chi connectivity index (χ1n) is 12.9. The van der Waals surface area contributed by atoms with Gasteiger partial charge in [0.1, 0.15) is 23.9 Å². The maximum atomic E-state index is 14.0. The number of hydrogen-bond donors (Lipinski definition) is 1. The number of nitrogens with one attached hydrogen (secondary N) is 1. The van der Waals surface area contributed by atoms with Crippen LogP contribution in [0.4, 0.5) is 4.39 Å². The summed E-state index contributed by atoms with van der Waals surface area (Å²) >= 11 is 0. The van der Waals surface area contributed by atoms with Gasteiger partial charge in [-0.3, -0.25) is 9.59 Å². The fourth-order valence-electron chi connectivity index (χ4n) is 4.39. The molecule has 0 bridgehead atoms. The van der Waals surface area contributed by atoms with Crippen molar-refractivity contribution in [2.75, 3.05) is 6.54 Å². The number of para-hydroxylation sites is 1. The van der Waals surface area contributed by atoms with Gasteiger partial charge in [-0.25, -0.2) is 9.07 Å². The molecule has 1 heterocycles. The van der Waals surface area contributed by atoms with Crippen LogP contribution in [0.1, 0.15) is 49.9 Å². The van der Waals surface area contributed by atoms with Gasteiger partial charge < -0.3 is 10.2 Å². The van der Waals surface area contributed by atoms with E-state index in [2.05, 4.69) is 15.6 Å². The number of nitrogens with zero attached hydrogens (tertiary/aromatic N) is 4. The molecule has 198 valence electrons. The Hall–Kier alpha value is -4.07. The molecule has 0 fully saturated rings. The van der Waals surface area contributed by atoms with Crippen LogP contribution in [0.3, 0.4) is 0 Å². The molecule has 0 saturated heterocycles. The molecular weight excluding hydrogens is 481 g/mol. The number of amides is 2. The van der Waals surface area contributed by atoms with Gasteiger partial charge in [-0.1, -0.05) is 60.7 Å². The molecule has 0 unspecified atom stereocenters. The highest BCUT2D eigenvalue weighted by Gasteiger charge is 2.34. The third-order valence-corrected chi connectivity index (χ3v) is 7.00. The summed E-state index contributed by atoms with van der Waals surface area (Å²) < 4.78 is 15.4. The van der Waals surface area contributed by atoms with Gasteiger partial charge in [0.25, 0.3) is 0 Å². The molecule has 4 aromatic rings. The minimum atomic E-state index is -0.951. The van der Waals surface area contributed by atoms with E-state index in [0.29, 0.717) is 30.5 Å². The van der Waals surface area contributed by atoms with Crippen molar-refractivity contribution >= 4 is 22.8 Å². The summed E-state index contributed by atoms with van der Waals surface area (Å²) in [6.07, 6.45) is 1.26. The molecule has 4 rings (SSSR count). The van der Waals surface area contributed by atoms with Crippen molar-refractivity contribution < 1.29 is 14.0 Å². The second kappa shape index (κ2) is 11.5. The number of benzene rings is 3. The predicted molar refractivity (Wildman–Crippen MR) is 146 cm³/mol. The Kier molecular flexibility index (Phi) is 8.20. The lowest BCUT2D eigenvalue weighted by atomic mass is 9.98. The fourth-order valence-corrected chi connectivity index (χ4v) is 4.39. The normalized spacial score (nSPS) is 12.3. The molecule has 0 radical (unpaired) electrons. The van der Waals surface area contributed by atoms with Gasteiger partial charge in [0.15, 0.2) is 0 Å². The van der Waals surface area contributed by atoms with Crippen LogP contribution in [0.2, 0.25) is 0 Å². The summed E-state index contributed by atoms with van der Waals surface area (Å²) in [7, 11) is 0. The number of hydrogen-bond acceptors (Lipinski definition) is 4. The monoisotopic (exact) mass is 515 g/mol. The zero-order valence-electron chi connectivity index (χ0n) is 22.3. The van der Waals surface area contributed by atoms with E-state index in [-0.39, 0.29) is 18.4 Å². The molecule has 1 aromatic heterocycles. The Balaban J connectivity index is 1.73. The molecule has 7 nitrogen and oxygen atoms in total. The van der Waals surface area contributed by atoms with Crippen molar-refractivity contribution in [3.8, 4) is 0 Å². The maximum Gasteiger partial charge on any atom is 0.247 e. The number of carbonyl (C=O) groups is 2. The van der Waals surface area contributed by atoms with E-state index in [1.54, 1.807) is 21.7 Å². The highest BCUT2D eigenvalue weighted by atomic mass is 19.1. The molecule has 0 aliphatic carbocycles. The van der Waals surface area contributed by atoms with Crippen LogP contribution >= 0.6 is 0 Å². The molecule has 38 heavy (non-hydrogen) atoms. The van der Waals surface area contributed by atoms with E-state index >= 15 is 0 Å². The van der Waals surface area contributed by atoms with E-state index in [0.717, 1.165) is 16.6 Å². The van der Waals surface area contributed by atoms with E-state index in [1.165, 1.54) is 12.1 Å². The standard InChI is InChI=1S/C30H34FN5O2/c1-5-30(3,4)32-29(38)28(23-14-16-24(31)17-15-23)35(19-18-22-11-7-6-10-21(22)2)27(37)20-36-26-13-9-8-12-25(26)33-34-36/h6-17,28H,5,18-20H2,1-4H3,(H,32,38)/t28-/m0/s1. The summed E-state index contributed by atoms with van der Waals surface area (Å²) in [5.41, 5.74) is 3.67. The zero-order valence-corrected chi connectivity index (χ0v) is 22.3. The van der Waals surface area contributed by atoms with E-state index in [4.69, 9.17) is 0 Å². The van der Waals surface area contributed by atoms with Gasteiger partial charge in [-0.2, -0.15) is 0 Å². The second-order valence-corrected chi connectivity index (χ2v) is 10.2. The van der Waals surface area contributed by atoms with Crippen LogP contribution in [0.5, 0.6) is 0 Å². The lowest BCUT2D eigenvalue weighted by molar-refractivity contribution is -0.142. The molecular formula is C30H34FN5O2. The van der Waals surface area contributed by atoms with Crippen molar-refractivity contribution in [2.24, 2.45) is 0 Å². The first-order chi connectivity index (χ1) is 18.2. The number of halogens is 1. The van der Waals surface area contributed by atoms with Crippen molar-refractivity contribution in [1.82, 2.24) is 25.2 Å². The van der Waals surface area contributed by atoms with Crippen LogP contribution < -0.4 is 5.32 Å². The van der Waals surface area contributed by atoms with Gasteiger partial charge in [0.2, 0.25) is 11.8 Å². The van der Waals surface area contributed by atoms with E-state index < -0.39 is 17.4 Å². The molecule has 0 aliphatic heterocycles. The molecule has 0 saturated carbocycles.